The van der Waals surface area contributed by atoms with Crippen LogP contribution in [0.1, 0.15) is 22.9 Å². The minimum Gasteiger partial charge on any atom is -0.497 e. The van der Waals surface area contributed by atoms with Gasteiger partial charge in [-0.1, -0.05) is 12.1 Å². The van der Waals surface area contributed by atoms with Crippen LogP contribution < -0.4 is 19.5 Å². The van der Waals surface area contributed by atoms with E-state index in [1.807, 2.05) is 18.2 Å². The second kappa shape index (κ2) is 9.21. The Bertz CT molecular complexity index is 1380. The highest BCUT2D eigenvalue weighted by Gasteiger charge is 2.35. The fourth-order valence-corrected chi connectivity index (χ4v) is 4.69. The lowest BCUT2D eigenvalue weighted by Gasteiger charge is -2.36. The van der Waals surface area contributed by atoms with Crippen molar-refractivity contribution in [1.82, 2.24) is 9.88 Å². The number of urea groups is 1. The van der Waals surface area contributed by atoms with Gasteiger partial charge in [0.25, 0.3) is 0 Å². The molecule has 5 rings (SSSR count). The Kier molecular flexibility index (Phi) is 5.94. The zero-order valence-electron chi connectivity index (χ0n) is 19.7. The number of carbonyl (C=O) groups is 1. The van der Waals surface area contributed by atoms with Gasteiger partial charge in [0.05, 0.1) is 33.1 Å². The highest BCUT2D eigenvalue weighted by molar-refractivity contribution is 5.93. The average molecular weight is 476 g/mol. The Morgan fingerprint density at radius 3 is 2.40 bits per heavy atom. The Labute approximate surface area is 202 Å². The van der Waals surface area contributed by atoms with Gasteiger partial charge in [0.2, 0.25) is 0 Å². The van der Waals surface area contributed by atoms with Crippen molar-refractivity contribution in [2.45, 2.75) is 12.5 Å². The Balaban J connectivity index is 1.56. The summed E-state index contributed by atoms with van der Waals surface area (Å²) in [4.78, 5) is 18.8. The first-order valence-electron chi connectivity index (χ1n) is 11.3. The molecule has 0 aliphatic carbocycles. The van der Waals surface area contributed by atoms with Crippen molar-refractivity contribution in [3.05, 3.63) is 83.3 Å². The summed E-state index contributed by atoms with van der Waals surface area (Å²) in [5, 5.41) is 4.03. The number of nitrogens with one attached hydrogen (secondary N) is 2. The van der Waals surface area contributed by atoms with Crippen molar-refractivity contribution in [2.75, 3.05) is 33.2 Å². The third kappa shape index (κ3) is 4.12. The predicted molar refractivity (Wildman–Crippen MR) is 132 cm³/mol. The third-order valence-corrected chi connectivity index (χ3v) is 6.43. The molecule has 180 valence electrons. The van der Waals surface area contributed by atoms with Crippen LogP contribution in [0.5, 0.6) is 17.2 Å². The fraction of sp³-hybridized carbons (Fsp3) is 0.222. The van der Waals surface area contributed by atoms with Gasteiger partial charge in [-0.25, -0.2) is 9.18 Å². The number of methoxy groups -OCH3 is 3. The molecule has 1 aromatic heterocycles. The number of ether oxygens (including phenoxy) is 3. The van der Waals surface area contributed by atoms with Gasteiger partial charge in [-0.3, -0.25) is 0 Å². The molecule has 0 saturated carbocycles. The quantitative estimate of drug-likeness (QED) is 0.399. The van der Waals surface area contributed by atoms with Gasteiger partial charge in [0.15, 0.2) is 0 Å². The lowest BCUT2D eigenvalue weighted by molar-refractivity contribution is 0.193. The number of hydrogen-bond donors (Lipinski definition) is 2. The molecule has 2 heterocycles. The van der Waals surface area contributed by atoms with Gasteiger partial charge in [-0.05, 0) is 60.0 Å². The first-order valence-corrected chi connectivity index (χ1v) is 11.3. The van der Waals surface area contributed by atoms with Gasteiger partial charge in [-0.2, -0.15) is 0 Å². The smallest absolute Gasteiger partial charge is 0.322 e. The largest absolute Gasteiger partial charge is 0.497 e. The summed E-state index contributed by atoms with van der Waals surface area (Å²) in [6.07, 6.45) is 0.660. The van der Waals surface area contributed by atoms with Gasteiger partial charge >= 0.3 is 6.03 Å². The lowest BCUT2D eigenvalue weighted by Crippen LogP contribution is -2.43. The van der Waals surface area contributed by atoms with E-state index in [0.717, 1.165) is 33.5 Å². The van der Waals surface area contributed by atoms with E-state index in [9.17, 15) is 9.18 Å². The Hall–Kier alpha value is -4.20. The van der Waals surface area contributed by atoms with E-state index in [1.54, 1.807) is 49.5 Å². The normalized spacial score (nSPS) is 15.0. The van der Waals surface area contributed by atoms with E-state index < -0.39 is 6.04 Å². The van der Waals surface area contributed by atoms with Gasteiger partial charge in [0.1, 0.15) is 23.1 Å². The number of hydrogen-bond acceptors (Lipinski definition) is 4. The van der Waals surface area contributed by atoms with E-state index in [4.69, 9.17) is 14.2 Å². The monoisotopic (exact) mass is 475 g/mol. The van der Waals surface area contributed by atoms with Crippen LogP contribution in [-0.2, 0) is 6.42 Å². The molecule has 7 nitrogen and oxygen atoms in total. The number of rotatable bonds is 5. The molecule has 8 heteroatoms. The van der Waals surface area contributed by atoms with E-state index in [2.05, 4.69) is 10.3 Å². The number of halogens is 1. The van der Waals surface area contributed by atoms with Crippen molar-refractivity contribution in [3.63, 3.8) is 0 Å². The molecule has 0 saturated heterocycles. The van der Waals surface area contributed by atoms with Crippen molar-refractivity contribution >= 4 is 22.6 Å². The molecule has 1 aliphatic rings. The highest BCUT2D eigenvalue weighted by Crippen LogP contribution is 2.40. The number of fused-ring (bicyclic) bond motifs is 3. The van der Waals surface area contributed by atoms with Crippen molar-refractivity contribution in [2.24, 2.45) is 0 Å². The van der Waals surface area contributed by atoms with Crippen molar-refractivity contribution in [1.29, 1.82) is 0 Å². The fourth-order valence-electron chi connectivity index (χ4n) is 4.69. The molecule has 0 bridgehead atoms. The van der Waals surface area contributed by atoms with E-state index in [-0.39, 0.29) is 11.8 Å². The number of carbonyl (C=O) groups excluding carboxylic acids is 1. The molecular formula is C27H26FN3O4. The number of benzene rings is 3. The van der Waals surface area contributed by atoms with Crippen LogP contribution >= 0.6 is 0 Å². The maximum atomic E-state index is 13.8. The topological polar surface area (TPSA) is 75.8 Å². The second-order valence-corrected chi connectivity index (χ2v) is 8.32. The Morgan fingerprint density at radius 1 is 0.971 bits per heavy atom. The molecule has 3 aromatic carbocycles. The molecule has 0 fully saturated rings. The van der Waals surface area contributed by atoms with Gasteiger partial charge < -0.3 is 29.4 Å². The highest BCUT2D eigenvalue weighted by atomic mass is 19.1. The zero-order chi connectivity index (χ0) is 24.5. The third-order valence-electron chi connectivity index (χ3n) is 6.43. The van der Waals surface area contributed by atoms with Crippen LogP contribution in [0.4, 0.5) is 14.9 Å². The minimum atomic E-state index is -0.429. The summed E-state index contributed by atoms with van der Waals surface area (Å²) in [5.41, 5.74) is 4.33. The lowest BCUT2D eigenvalue weighted by atomic mass is 9.92. The molecule has 0 spiro atoms. The number of amides is 2. The molecule has 1 unspecified atom stereocenters. The van der Waals surface area contributed by atoms with Crippen LogP contribution in [0.2, 0.25) is 0 Å². The predicted octanol–water partition coefficient (Wildman–Crippen LogP) is 5.51. The van der Waals surface area contributed by atoms with E-state index >= 15 is 0 Å². The standard InChI is InChI=1S/C27H26FN3O4/c1-33-18-8-10-22-21(14-18)20-12-13-31(26(25(20)29-22)16-4-6-17(28)7-5-16)27(32)30-23-11-9-19(34-2)15-24(23)35-3/h4-11,14-15,26,29H,12-13H2,1-3H3,(H,30,32). The van der Waals surface area contributed by atoms with Crippen LogP contribution in [0.3, 0.4) is 0 Å². The Morgan fingerprint density at radius 2 is 1.69 bits per heavy atom. The van der Waals surface area contributed by atoms with Gasteiger partial charge in [0, 0.05) is 29.2 Å². The maximum Gasteiger partial charge on any atom is 0.322 e. The summed E-state index contributed by atoms with van der Waals surface area (Å²) < 4.78 is 29.9. The second-order valence-electron chi connectivity index (χ2n) is 8.32. The number of aromatic nitrogens is 1. The molecule has 1 atom stereocenters. The van der Waals surface area contributed by atoms with E-state index in [1.165, 1.54) is 19.2 Å². The first kappa shape index (κ1) is 22.6. The maximum absolute atomic E-state index is 13.8. The van der Waals surface area contributed by atoms with Crippen molar-refractivity contribution < 1.29 is 23.4 Å². The molecule has 0 radical (unpaired) electrons. The summed E-state index contributed by atoms with van der Waals surface area (Å²) in [6.45, 7) is 0.476. The zero-order valence-corrected chi connectivity index (χ0v) is 19.7. The molecule has 35 heavy (non-hydrogen) atoms. The molecule has 1 aliphatic heterocycles. The number of anilines is 1. The molecule has 2 N–H and O–H groups in total. The van der Waals surface area contributed by atoms with Crippen LogP contribution in [0.25, 0.3) is 10.9 Å². The van der Waals surface area contributed by atoms with Crippen molar-refractivity contribution in [3.8, 4) is 17.2 Å². The van der Waals surface area contributed by atoms with E-state index in [0.29, 0.717) is 30.2 Å². The first-order chi connectivity index (χ1) is 17.0. The minimum absolute atomic E-state index is 0.287. The number of H-pyrrole nitrogens is 1. The average Bonchev–Trinajstić information content (AvgIpc) is 3.26. The molecule has 2 amide bonds. The van der Waals surface area contributed by atoms with Crippen LogP contribution in [0, 0.1) is 5.82 Å². The van der Waals surface area contributed by atoms with Crippen LogP contribution in [0.15, 0.2) is 60.7 Å². The molecular weight excluding hydrogens is 449 g/mol. The number of nitrogens with zero attached hydrogens (tertiary/aromatic N) is 1. The van der Waals surface area contributed by atoms with Gasteiger partial charge in [-0.15, -0.1) is 0 Å². The molecule has 4 aromatic rings. The summed E-state index contributed by atoms with van der Waals surface area (Å²) >= 11 is 0. The summed E-state index contributed by atoms with van der Waals surface area (Å²) in [7, 11) is 4.75. The summed E-state index contributed by atoms with van der Waals surface area (Å²) in [5.74, 6) is 1.56. The van der Waals surface area contributed by atoms with Crippen LogP contribution in [-0.4, -0.2) is 43.8 Å². The summed E-state index contributed by atoms with van der Waals surface area (Å²) in [6, 6.07) is 16.6. The number of aromatic amines is 1. The SMILES string of the molecule is COc1ccc(NC(=O)N2CCc3c([nH]c4ccc(OC)cc34)C2c2ccc(F)cc2)c(OC)c1.